The number of likely N-dealkylation sites (tertiary alicyclic amines) is 1. The molecule has 29 heavy (non-hydrogen) atoms. The van der Waals surface area contributed by atoms with Crippen molar-refractivity contribution >= 4 is 38.5 Å². The standard InChI is InChI=1S/C22H24ClN3O2S/c1-25-12-4-9-19(25)15-26-16-21(20-10-3-11-24-22(20)26)29(27,28)13-5-7-17-6-2-8-18(23)14-17/h2-3,5-8,10-11,14,16,19H,4,9,12-13,15H2,1H3. The average Bonchev–Trinajstić information content (AvgIpc) is 3.27. The summed E-state index contributed by atoms with van der Waals surface area (Å²) in [6, 6.07) is 11.4. The van der Waals surface area contributed by atoms with E-state index in [4.69, 9.17) is 11.6 Å². The van der Waals surface area contributed by atoms with Crippen LogP contribution < -0.4 is 0 Å². The average molecular weight is 430 g/mol. The van der Waals surface area contributed by atoms with Gasteiger partial charge in [0.1, 0.15) is 5.65 Å². The molecule has 0 spiro atoms. The first-order valence-corrected chi connectivity index (χ1v) is 11.8. The van der Waals surface area contributed by atoms with Crippen LogP contribution in [0.5, 0.6) is 0 Å². The van der Waals surface area contributed by atoms with E-state index in [0.29, 0.717) is 21.3 Å². The summed E-state index contributed by atoms with van der Waals surface area (Å²) in [5.74, 6) is -0.0726. The fourth-order valence-electron chi connectivity index (χ4n) is 3.93. The summed E-state index contributed by atoms with van der Waals surface area (Å²) in [5.41, 5.74) is 1.60. The minimum atomic E-state index is -3.49. The van der Waals surface area contributed by atoms with Gasteiger partial charge in [0.15, 0.2) is 9.84 Å². The van der Waals surface area contributed by atoms with Gasteiger partial charge in [0.2, 0.25) is 0 Å². The molecule has 1 atom stereocenters. The molecule has 1 saturated heterocycles. The van der Waals surface area contributed by atoms with Crippen LogP contribution in [-0.4, -0.2) is 48.3 Å². The van der Waals surface area contributed by atoms with Crippen LogP contribution in [0.3, 0.4) is 0 Å². The van der Waals surface area contributed by atoms with E-state index >= 15 is 0 Å². The third kappa shape index (κ3) is 4.39. The molecule has 0 saturated carbocycles. The molecule has 3 aromatic rings. The Kier molecular flexibility index (Phi) is 5.76. The summed E-state index contributed by atoms with van der Waals surface area (Å²) in [6.07, 6.45) is 9.22. The predicted octanol–water partition coefficient (Wildman–Crippen LogP) is 4.27. The lowest BCUT2D eigenvalue weighted by Crippen LogP contribution is -2.29. The van der Waals surface area contributed by atoms with Gasteiger partial charge in [-0.25, -0.2) is 13.4 Å². The number of rotatable bonds is 6. The fourth-order valence-corrected chi connectivity index (χ4v) is 5.44. The van der Waals surface area contributed by atoms with E-state index in [1.54, 1.807) is 42.7 Å². The molecule has 0 bridgehead atoms. The normalized spacial score (nSPS) is 18.2. The van der Waals surface area contributed by atoms with Crippen molar-refractivity contribution in [3.05, 3.63) is 65.5 Å². The summed E-state index contributed by atoms with van der Waals surface area (Å²) in [6.45, 7) is 1.83. The molecular formula is C22H24ClN3O2S. The Morgan fingerprint density at radius 3 is 2.90 bits per heavy atom. The number of benzene rings is 1. The van der Waals surface area contributed by atoms with Crippen LogP contribution in [0.15, 0.2) is 59.8 Å². The van der Waals surface area contributed by atoms with Gasteiger partial charge in [0.25, 0.3) is 0 Å². The predicted molar refractivity (Wildman–Crippen MR) is 118 cm³/mol. The van der Waals surface area contributed by atoms with Crippen LogP contribution in [0.4, 0.5) is 0 Å². The van der Waals surface area contributed by atoms with Crippen LogP contribution in [0.2, 0.25) is 5.02 Å². The summed E-state index contributed by atoms with van der Waals surface area (Å²) in [4.78, 5) is 7.14. The van der Waals surface area contributed by atoms with Crippen LogP contribution in [0, 0.1) is 0 Å². The zero-order chi connectivity index (χ0) is 20.4. The highest BCUT2D eigenvalue weighted by molar-refractivity contribution is 7.91. The number of nitrogens with zero attached hydrogens (tertiary/aromatic N) is 3. The second kappa shape index (κ2) is 8.30. The lowest BCUT2D eigenvalue weighted by atomic mass is 10.2. The smallest absolute Gasteiger partial charge is 0.184 e. The van der Waals surface area contributed by atoms with Gasteiger partial charge in [-0.1, -0.05) is 35.9 Å². The van der Waals surface area contributed by atoms with Crippen LogP contribution in [0.1, 0.15) is 18.4 Å². The molecule has 0 radical (unpaired) electrons. The molecule has 7 heteroatoms. The van der Waals surface area contributed by atoms with Crippen molar-refractivity contribution in [2.45, 2.75) is 30.3 Å². The topological polar surface area (TPSA) is 55.2 Å². The second-order valence-electron chi connectivity index (χ2n) is 7.54. The fraction of sp³-hybridized carbons (Fsp3) is 0.318. The summed E-state index contributed by atoms with van der Waals surface area (Å²) in [5, 5.41) is 1.31. The van der Waals surface area contributed by atoms with Crippen molar-refractivity contribution in [3.63, 3.8) is 0 Å². The van der Waals surface area contributed by atoms with Gasteiger partial charge in [-0.2, -0.15) is 0 Å². The van der Waals surface area contributed by atoms with E-state index in [2.05, 4.69) is 16.9 Å². The third-order valence-corrected chi connectivity index (χ3v) is 7.35. The molecule has 5 nitrogen and oxygen atoms in total. The maximum absolute atomic E-state index is 13.1. The molecule has 152 valence electrons. The largest absolute Gasteiger partial charge is 0.330 e. The van der Waals surface area contributed by atoms with Gasteiger partial charge in [-0.15, -0.1) is 0 Å². The van der Waals surface area contributed by atoms with Crippen molar-refractivity contribution < 1.29 is 8.42 Å². The lowest BCUT2D eigenvalue weighted by molar-refractivity contribution is 0.284. The molecule has 1 aliphatic heterocycles. The summed E-state index contributed by atoms with van der Waals surface area (Å²) in [7, 11) is -1.37. The first kappa shape index (κ1) is 20.1. The number of halogens is 1. The highest BCUT2D eigenvalue weighted by atomic mass is 35.5. The van der Waals surface area contributed by atoms with E-state index in [-0.39, 0.29) is 5.75 Å². The molecule has 1 aromatic carbocycles. The number of sulfone groups is 1. The first-order valence-electron chi connectivity index (χ1n) is 9.73. The highest BCUT2D eigenvalue weighted by Gasteiger charge is 2.25. The Labute approximate surface area is 176 Å². The quantitative estimate of drug-likeness (QED) is 0.587. The van der Waals surface area contributed by atoms with Gasteiger partial charge in [-0.05, 0) is 56.3 Å². The van der Waals surface area contributed by atoms with Gasteiger partial charge >= 0.3 is 0 Å². The molecule has 4 rings (SSSR count). The van der Waals surface area contributed by atoms with Crippen molar-refractivity contribution in [2.75, 3.05) is 19.3 Å². The van der Waals surface area contributed by atoms with E-state index in [1.807, 2.05) is 22.8 Å². The van der Waals surface area contributed by atoms with Gasteiger partial charge in [0, 0.05) is 35.4 Å². The first-order chi connectivity index (χ1) is 13.9. The monoisotopic (exact) mass is 429 g/mol. The number of fused-ring (bicyclic) bond motifs is 1. The van der Waals surface area contributed by atoms with E-state index < -0.39 is 9.84 Å². The molecule has 0 aliphatic carbocycles. The molecule has 1 aliphatic rings. The maximum atomic E-state index is 13.1. The minimum Gasteiger partial charge on any atom is -0.330 e. The molecule has 1 fully saturated rings. The minimum absolute atomic E-state index is 0.0726. The molecule has 2 aromatic heterocycles. The number of hydrogen-bond donors (Lipinski definition) is 0. The number of hydrogen-bond acceptors (Lipinski definition) is 4. The van der Waals surface area contributed by atoms with E-state index in [9.17, 15) is 8.42 Å². The summed E-state index contributed by atoms with van der Waals surface area (Å²) >= 11 is 5.99. The molecule has 0 N–H and O–H groups in total. The molecule has 1 unspecified atom stereocenters. The van der Waals surface area contributed by atoms with E-state index in [1.165, 1.54) is 6.42 Å². The van der Waals surface area contributed by atoms with Gasteiger partial charge in [0.05, 0.1) is 10.6 Å². The Balaban J connectivity index is 1.62. The summed E-state index contributed by atoms with van der Waals surface area (Å²) < 4.78 is 28.2. The zero-order valence-electron chi connectivity index (χ0n) is 16.3. The van der Waals surface area contributed by atoms with Crippen molar-refractivity contribution in [2.24, 2.45) is 0 Å². The lowest BCUT2D eigenvalue weighted by Gasteiger charge is -2.20. The SMILES string of the molecule is CN1CCCC1Cn1cc(S(=O)(=O)CC=Cc2cccc(Cl)c2)c2cccnc21. The maximum Gasteiger partial charge on any atom is 0.184 e. The number of pyridine rings is 1. The molecule has 3 heterocycles. The van der Waals surface area contributed by atoms with Crippen molar-refractivity contribution in [1.29, 1.82) is 0 Å². The number of aromatic nitrogens is 2. The Hall–Kier alpha value is -2.15. The van der Waals surface area contributed by atoms with Crippen molar-refractivity contribution in [3.8, 4) is 0 Å². The van der Waals surface area contributed by atoms with Gasteiger partial charge < -0.3 is 9.47 Å². The molecular weight excluding hydrogens is 406 g/mol. The van der Waals surface area contributed by atoms with E-state index in [0.717, 1.165) is 30.7 Å². The Morgan fingerprint density at radius 2 is 2.14 bits per heavy atom. The van der Waals surface area contributed by atoms with Crippen molar-refractivity contribution in [1.82, 2.24) is 14.5 Å². The second-order valence-corrected chi connectivity index (χ2v) is 9.97. The highest BCUT2D eigenvalue weighted by Crippen LogP contribution is 2.27. The van der Waals surface area contributed by atoms with Gasteiger partial charge in [-0.3, -0.25) is 0 Å². The van der Waals surface area contributed by atoms with Crippen LogP contribution >= 0.6 is 11.6 Å². The Bertz CT molecular complexity index is 1150. The van der Waals surface area contributed by atoms with Crippen LogP contribution in [-0.2, 0) is 16.4 Å². The van der Waals surface area contributed by atoms with Crippen LogP contribution in [0.25, 0.3) is 17.1 Å². The number of likely N-dealkylation sites (N-methyl/N-ethyl adjacent to an activating group) is 1. The Morgan fingerprint density at radius 1 is 1.28 bits per heavy atom. The third-order valence-electron chi connectivity index (χ3n) is 5.49. The zero-order valence-corrected chi connectivity index (χ0v) is 17.9. The molecule has 0 amide bonds.